The van der Waals surface area contributed by atoms with Gasteiger partial charge in [0.1, 0.15) is 11.8 Å². The number of carboxylic acid groups (broad SMARTS) is 1. The van der Waals surface area contributed by atoms with Crippen LogP contribution in [-0.2, 0) is 69.9 Å². The van der Waals surface area contributed by atoms with Crippen molar-refractivity contribution in [1.29, 1.82) is 0 Å². The fourth-order valence-electron chi connectivity index (χ4n) is 7.04. The van der Waals surface area contributed by atoms with Gasteiger partial charge in [-0.1, -0.05) is 78.1 Å². The summed E-state index contributed by atoms with van der Waals surface area (Å²) < 4.78 is 43.8. The lowest BCUT2D eigenvalue weighted by atomic mass is 9.79. The molecule has 1 atom stereocenters. The molecule has 2 N–H and O–H groups in total. The zero-order valence-corrected chi connectivity index (χ0v) is 40.0. The second-order valence-corrected chi connectivity index (χ2v) is 17.5. The van der Waals surface area contributed by atoms with E-state index in [1.807, 2.05) is 0 Å². The molecular weight excluding hydrogens is 905 g/mol. The number of hydrogen-bond acceptors (Lipinski definition) is 14. The summed E-state index contributed by atoms with van der Waals surface area (Å²) in [6, 6.07) is 10.8. The third-order valence-electron chi connectivity index (χ3n) is 10.5. The quantitative estimate of drug-likeness (QED) is 0.0536. The summed E-state index contributed by atoms with van der Waals surface area (Å²) in [5.41, 5.74) is 0.976. The van der Waals surface area contributed by atoms with Gasteiger partial charge in [-0.15, -0.1) is 0 Å². The molecule has 0 spiro atoms. The van der Waals surface area contributed by atoms with Gasteiger partial charge in [0.05, 0.1) is 121 Å². The number of ketones is 2. The monoisotopic (exact) mass is 971 g/mol. The van der Waals surface area contributed by atoms with Crippen LogP contribution in [0, 0.1) is 5.41 Å². The maximum Gasteiger partial charge on any atom is 0.326 e. The van der Waals surface area contributed by atoms with Gasteiger partial charge in [0.25, 0.3) is 0 Å². The fourth-order valence-corrected chi connectivity index (χ4v) is 8.14. The van der Waals surface area contributed by atoms with Crippen LogP contribution in [0.4, 0.5) is 0 Å². The van der Waals surface area contributed by atoms with Crippen molar-refractivity contribution >= 4 is 63.5 Å². The number of nitrogens with one attached hydrogen (secondary N) is 1. The number of ether oxygens (including phenoxy) is 8. The lowest BCUT2D eigenvalue weighted by Crippen LogP contribution is -2.48. The predicted octanol–water partition coefficient (Wildman–Crippen LogP) is 6.63. The number of amides is 1. The molecule has 1 aliphatic rings. The largest absolute Gasteiger partial charge is 0.480 e. The molecule has 3 rings (SSSR count). The third kappa shape index (κ3) is 24.6. The Morgan fingerprint density at radius 3 is 1.55 bits per heavy atom. The minimum absolute atomic E-state index is 0.0498. The van der Waals surface area contributed by atoms with Gasteiger partial charge in [-0.2, -0.15) is 0 Å². The first-order chi connectivity index (χ1) is 31.5. The molecule has 15 nitrogen and oxygen atoms in total. The van der Waals surface area contributed by atoms with Crippen LogP contribution in [0.15, 0.2) is 42.5 Å². The highest BCUT2D eigenvalue weighted by molar-refractivity contribution is 8.13. The number of carbonyl (C=O) groups is 5. The Bertz CT molecular complexity index is 1680. The summed E-state index contributed by atoms with van der Waals surface area (Å²) in [6.07, 6.45) is 4.80. The van der Waals surface area contributed by atoms with Crippen molar-refractivity contribution in [2.45, 2.75) is 77.2 Å². The zero-order chi connectivity index (χ0) is 47.0. The summed E-state index contributed by atoms with van der Waals surface area (Å²) in [5, 5.41) is 13.5. The molecule has 0 aliphatic heterocycles. The maximum absolute atomic E-state index is 13.6. The van der Waals surface area contributed by atoms with Gasteiger partial charge >= 0.3 is 5.97 Å². The van der Waals surface area contributed by atoms with Crippen molar-refractivity contribution < 1.29 is 67.0 Å². The Balaban J connectivity index is 1.15. The fraction of sp³-hybridized carbons (Fsp3) is 0.638. The van der Waals surface area contributed by atoms with Gasteiger partial charge in [0.15, 0.2) is 10.9 Å². The number of halogens is 2. The standard InChI is InChI=1S/C47H67Cl2NO14S/c1-36(51)65-33-32-64-31-30-63-29-28-62-27-26-61-25-24-60-23-22-59-21-20-58-19-18-57-17-13-39(52)6-5-16-47(14-2-3-15-47)46(56)50-42(45(54)55)34-37-9-11-38(12-10-37)35-43(53)44-40(48)7-4-8-41(44)49/h4,7-12,42H,2-3,5-6,13-35H2,1H3,(H,50,56)(H,54,55)/t42-/m0/s1. The Kier molecular flexibility index (Phi) is 29.7. The van der Waals surface area contributed by atoms with Crippen LogP contribution in [0.5, 0.6) is 0 Å². The maximum atomic E-state index is 13.6. The second kappa shape index (κ2) is 34.3. The van der Waals surface area contributed by atoms with Crippen LogP contribution < -0.4 is 5.32 Å². The van der Waals surface area contributed by atoms with Crippen molar-refractivity contribution in [3.05, 3.63) is 69.2 Å². The highest BCUT2D eigenvalue weighted by atomic mass is 35.5. The molecule has 2 aromatic rings. The topological polar surface area (TPSA) is 191 Å². The van der Waals surface area contributed by atoms with E-state index in [1.165, 1.54) is 18.7 Å². The molecule has 0 bridgehead atoms. The minimum atomic E-state index is -1.14. The van der Waals surface area contributed by atoms with Crippen molar-refractivity contribution in [2.24, 2.45) is 5.41 Å². The molecule has 364 valence electrons. The number of hydrogen-bond donors (Lipinski definition) is 2. The highest BCUT2D eigenvalue weighted by Gasteiger charge is 2.42. The molecule has 18 heteroatoms. The average molecular weight is 973 g/mol. The third-order valence-corrected chi connectivity index (χ3v) is 11.9. The van der Waals surface area contributed by atoms with Crippen LogP contribution in [0.25, 0.3) is 0 Å². The van der Waals surface area contributed by atoms with Crippen molar-refractivity contribution in [3.63, 3.8) is 0 Å². The lowest BCUT2D eigenvalue weighted by molar-refractivity contribution is -0.144. The van der Waals surface area contributed by atoms with E-state index in [-0.39, 0.29) is 64.1 Å². The Morgan fingerprint density at radius 1 is 0.646 bits per heavy atom. The van der Waals surface area contributed by atoms with Gasteiger partial charge in [-0.05, 0) is 48.9 Å². The lowest BCUT2D eigenvalue weighted by Gasteiger charge is -2.29. The van der Waals surface area contributed by atoms with Gasteiger partial charge in [0.2, 0.25) is 5.91 Å². The van der Waals surface area contributed by atoms with E-state index in [2.05, 4.69) is 5.32 Å². The van der Waals surface area contributed by atoms with Gasteiger partial charge in [-0.25, -0.2) is 4.79 Å². The van der Waals surface area contributed by atoms with E-state index >= 15 is 0 Å². The van der Waals surface area contributed by atoms with E-state index in [0.717, 1.165) is 18.4 Å². The number of rotatable bonds is 39. The van der Waals surface area contributed by atoms with Crippen LogP contribution in [0.3, 0.4) is 0 Å². The van der Waals surface area contributed by atoms with Gasteiger partial charge in [0, 0.05) is 43.8 Å². The van der Waals surface area contributed by atoms with E-state index in [9.17, 15) is 29.1 Å². The first-order valence-electron chi connectivity index (χ1n) is 22.4. The molecule has 0 saturated heterocycles. The zero-order valence-electron chi connectivity index (χ0n) is 37.6. The van der Waals surface area contributed by atoms with E-state index in [0.29, 0.717) is 143 Å². The number of Topliss-reactive ketones (excluding diaryl/α,β-unsaturated/α-hetero) is 2. The minimum Gasteiger partial charge on any atom is -0.480 e. The normalized spacial score (nSPS) is 13.8. The molecule has 1 aliphatic carbocycles. The molecule has 1 amide bonds. The molecule has 1 saturated carbocycles. The van der Waals surface area contributed by atoms with Crippen LogP contribution in [0.1, 0.15) is 79.8 Å². The van der Waals surface area contributed by atoms with E-state index in [4.69, 9.17) is 61.1 Å². The summed E-state index contributed by atoms with van der Waals surface area (Å²) in [6.45, 7) is 8.56. The Labute approximate surface area is 397 Å². The summed E-state index contributed by atoms with van der Waals surface area (Å²) in [5.74, 6) is -0.943. The molecule has 2 aromatic carbocycles. The average Bonchev–Trinajstić information content (AvgIpc) is 3.76. The van der Waals surface area contributed by atoms with Crippen LogP contribution in [-0.4, -0.2) is 151 Å². The second-order valence-electron chi connectivity index (χ2n) is 15.5. The number of carboxylic acids is 1. The van der Waals surface area contributed by atoms with Crippen LogP contribution >= 0.6 is 35.0 Å². The first kappa shape index (κ1) is 56.3. The molecule has 0 aromatic heterocycles. The summed E-state index contributed by atoms with van der Waals surface area (Å²) in [4.78, 5) is 62.2. The van der Waals surface area contributed by atoms with Crippen molar-refractivity contribution in [1.82, 2.24) is 5.32 Å². The highest BCUT2D eigenvalue weighted by Crippen LogP contribution is 2.43. The van der Waals surface area contributed by atoms with Gasteiger partial charge < -0.3 is 48.3 Å². The molecular formula is C47H67Cl2NO14S. The molecule has 65 heavy (non-hydrogen) atoms. The van der Waals surface area contributed by atoms with E-state index < -0.39 is 17.4 Å². The smallest absolute Gasteiger partial charge is 0.326 e. The molecule has 0 radical (unpaired) electrons. The van der Waals surface area contributed by atoms with E-state index in [1.54, 1.807) is 42.5 Å². The molecule has 0 unspecified atom stereocenters. The first-order valence-corrected chi connectivity index (χ1v) is 24.1. The Morgan fingerprint density at radius 2 is 1.09 bits per heavy atom. The predicted molar refractivity (Wildman–Crippen MR) is 248 cm³/mol. The van der Waals surface area contributed by atoms with Gasteiger partial charge in [-0.3, -0.25) is 19.2 Å². The number of carbonyl (C=O) groups excluding carboxylic acids is 4. The van der Waals surface area contributed by atoms with Crippen molar-refractivity contribution in [3.8, 4) is 0 Å². The molecule has 1 fully saturated rings. The number of benzene rings is 2. The number of aliphatic carboxylic acids is 1. The molecule has 0 heterocycles. The number of thioether (sulfide) groups is 1. The summed E-state index contributed by atoms with van der Waals surface area (Å²) >= 11 is 13.6. The summed E-state index contributed by atoms with van der Waals surface area (Å²) in [7, 11) is 0. The van der Waals surface area contributed by atoms with Crippen LogP contribution in [0.2, 0.25) is 10.0 Å². The Hall–Kier alpha value is -3.00. The van der Waals surface area contributed by atoms with Crippen molar-refractivity contribution in [2.75, 3.05) is 111 Å². The SMILES string of the molecule is CC(=O)SCCOCCOCCOCCOCCOCCOCCOCCOCCC(=O)CCCC1(C(=O)N[C@@H](Cc2ccc(CC(=O)c3c(Cl)cccc3Cl)cc2)C(=O)O)CCCC1.